The van der Waals surface area contributed by atoms with Crippen molar-refractivity contribution in [2.24, 2.45) is 0 Å². The van der Waals surface area contributed by atoms with Crippen LogP contribution in [0.1, 0.15) is 36.1 Å². The lowest BCUT2D eigenvalue weighted by Gasteiger charge is -2.21. The lowest BCUT2D eigenvalue weighted by molar-refractivity contribution is 0.173. The van der Waals surface area contributed by atoms with Gasteiger partial charge in [0.25, 0.3) is 0 Å². The molecular weight excluding hydrogens is 248 g/mol. The Balaban J connectivity index is 2.16. The van der Waals surface area contributed by atoms with Gasteiger partial charge >= 0.3 is 0 Å². The van der Waals surface area contributed by atoms with Crippen LogP contribution in [0, 0.1) is 6.92 Å². The lowest BCUT2D eigenvalue weighted by atomic mass is 10.1. The molecule has 1 N–H and O–H groups in total. The molecule has 1 aromatic heterocycles. The molecule has 1 heterocycles. The van der Waals surface area contributed by atoms with Gasteiger partial charge < -0.3 is 10.0 Å². The van der Waals surface area contributed by atoms with Crippen LogP contribution in [0.5, 0.6) is 0 Å². The highest BCUT2D eigenvalue weighted by Gasteiger charge is 2.11. The zero-order valence-electron chi connectivity index (χ0n) is 12.4. The molecule has 0 fully saturated rings. The summed E-state index contributed by atoms with van der Waals surface area (Å²) < 4.78 is 0. The van der Waals surface area contributed by atoms with E-state index in [1.54, 1.807) is 6.20 Å². The maximum Gasteiger partial charge on any atom is 0.131 e. The molecule has 0 spiro atoms. The topological polar surface area (TPSA) is 36.4 Å². The highest BCUT2D eigenvalue weighted by molar-refractivity contribution is 5.47. The Morgan fingerprint density at radius 2 is 1.95 bits per heavy atom. The molecule has 0 aliphatic carbocycles. The first kappa shape index (κ1) is 14.5. The summed E-state index contributed by atoms with van der Waals surface area (Å²) >= 11 is 0. The maximum atomic E-state index is 9.86. The molecule has 0 radical (unpaired) electrons. The zero-order valence-corrected chi connectivity index (χ0v) is 12.4. The average Bonchev–Trinajstić information content (AvgIpc) is 2.47. The van der Waals surface area contributed by atoms with Crippen molar-refractivity contribution in [3.05, 3.63) is 59.3 Å². The van der Waals surface area contributed by atoms with Gasteiger partial charge in [-0.05, 0) is 36.1 Å². The Bertz CT molecular complexity index is 554. The number of aliphatic hydroxyl groups excluding tert-OH is 1. The van der Waals surface area contributed by atoms with Crippen molar-refractivity contribution in [1.29, 1.82) is 0 Å². The van der Waals surface area contributed by atoms with E-state index in [9.17, 15) is 5.11 Å². The van der Waals surface area contributed by atoms with Gasteiger partial charge in [-0.2, -0.15) is 0 Å². The van der Waals surface area contributed by atoms with Crippen LogP contribution in [-0.4, -0.2) is 17.1 Å². The third-order valence-corrected chi connectivity index (χ3v) is 3.47. The van der Waals surface area contributed by atoms with Crippen LogP contribution in [0.4, 0.5) is 5.82 Å². The number of hydrogen-bond donors (Lipinski definition) is 1. The van der Waals surface area contributed by atoms with Crippen LogP contribution < -0.4 is 4.90 Å². The van der Waals surface area contributed by atoms with E-state index in [-0.39, 0.29) is 0 Å². The van der Waals surface area contributed by atoms with Crippen molar-refractivity contribution < 1.29 is 5.11 Å². The quantitative estimate of drug-likeness (QED) is 0.903. The van der Waals surface area contributed by atoms with Crippen LogP contribution in [0.2, 0.25) is 0 Å². The fourth-order valence-electron chi connectivity index (χ4n) is 2.34. The fraction of sp³-hybridized carbons (Fsp3) is 0.353. The molecule has 1 atom stereocenters. The summed E-state index contributed by atoms with van der Waals surface area (Å²) in [6, 6.07) is 12.4. The van der Waals surface area contributed by atoms with Crippen molar-refractivity contribution in [2.45, 2.75) is 32.9 Å². The largest absolute Gasteiger partial charge is 0.388 e. The molecule has 2 aromatic rings. The summed E-state index contributed by atoms with van der Waals surface area (Å²) in [6.07, 6.45) is 2.06. The number of benzene rings is 1. The van der Waals surface area contributed by atoms with Crippen molar-refractivity contribution in [2.75, 3.05) is 11.9 Å². The van der Waals surface area contributed by atoms with E-state index < -0.39 is 6.10 Å². The second kappa shape index (κ2) is 6.53. The highest BCUT2D eigenvalue weighted by atomic mass is 16.3. The van der Waals surface area contributed by atoms with Crippen LogP contribution in [0.25, 0.3) is 0 Å². The third-order valence-electron chi connectivity index (χ3n) is 3.47. The molecule has 0 aliphatic rings. The minimum Gasteiger partial charge on any atom is -0.388 e. The lowest BCUT2D eigenvalue weighted by Crippen LogP contribution is -2.19. The van der Waals surface area contributed by atoms with Gasteiger partial charge in [-0.1, -0.05) is 37.3 Å². The van der Waals surface area contributed by atoms with Crippen LogP contribution in [0.15, 0.2) is 42.6 Å². The molecule has 0 aliphatic heterocycles. The van der Waals surface area contributed by atoms with E-state index in [2.05, 4.69) is 22.0 Å². The van der Waals surface area contributed by atoms with E-state index in [1.807, 2.05) is 45.2 Å². The highest BCUT2D eigenvalue weighted by Crippen LogP contribution is 2.23. The smallest absolute Gasteiger partial charge is 0.131 e. The van der Waals surface area contributed by atoms with Gasteiger partial charge in [0.1, 0.15) is 5.82 Å². The Morgan fingerprint density at radius 3 is 2.55 bits per heavy atom. The molecule has 3 nitrogen and oxygen atoms in total. The number of pyridine rings is 1. The minimum absolute atomic E-state index is 0.422. The van der Waals surface area contributed by atoms with Crippen LogP contribution in [-0.2, 0) is 6.54 Å². The number of rotatable bonds is 5. The first-order valence-electron chi connectivity index (χ1n) is 7.01. The summed E-state index contributed by atoms with van der Waals surface area (Å²) in [6.45, 7) is 4.83. The maximum absolute atomic E-state index is 9.86. The number of aromatic nitrogens is 1. The number of aliphatic hydroxyl groups is 1. The second-order valence-corrected chi connectivity index (χ2v) is 5.17. The molecule has 0 bridgehead atoms. The van der Waals surface area contributed by atoms with Crippen LogP contribution >= 0.6 is 0 Å². The van der Waals surface area contributed by atoms with E-state index in [4.69, 9.17) is 0 Å². The van der Waals surface area contributed by atoms with Crippen molar-refractivity contribution >= 4 is 5.82 Å². The molecule has 1 unspecified atom stereocenters. The van der Waals surface area contributed by atoms with Gasteiger partial charge in [-0.15, -0.1) is 0 Å². The SMILES string of the molecule is CCC(O)c1cnc(N(C)Cc2ccccc2)c(C)c1. The van der Waals surface area contributed by atoms with Gasteiger partial charge in [0.2, 0.25) is 0 Å². The standard InChI is InChI=1S/C17H22N2O/c1-4-16(20)15-10-13(2)17(18-11-15)19(3)12-14-8-6-5-7-9-14/h5-11,16,20H,4,12H2,1-3H3. The molecule has 0 saturated heterocycles. The average molecular weight is 270 g/mol. The summed E-state index contributed by atoms with van der Waals surface area (Å²) in [5.41, 5.74) is 3.24. The zero-order chi connectivity index (χ0) is 14.5. The van der Waals surface area contributed by atoms with E-state index >= 15 is 0 Å². The molecule has 2 rings (SSSR count). The molecule has 3 heteroatoms. The van der Waals surface area contributed by atoms with Gasteiger partial charge in [0.05, 0.1) is 6.10 Å². The molecular formula is C17H22N2O. The molecule has 1 aromatic carbocycles. The minimum atomic E-state index is -0.422. The third kappa shape index (κ3) is 3.36. The summed E-state index contributed by atoms with van der Waals surface area (Å²) in [5.74, 6) is 0.959. The van der Waals surface area contributed by atoms with E-state index in [0.717, 1.165) is 23.5 Å². The van der Waals surface area contributed by atoms with E-state index in [0.29, 0.717) is 6.42 Å². The predicted octanol–water partition coefficient (Wildman–Crippen LogP) is 3.47. The van der Waals surface area contributed by atoms with Crippen molar-refractivity contribution in [3.8, 4) is 0 Å². The Labute approximate surface area is 120 Å². The number of hydrogen-bond acceptors (Lipinski definition) is 3. The fourth-order valence-corrected chi connectivity index (χ4v) is 2.34. The van der Waals surface area contributed by atoms with Gasteiger partial charge in [0.15, 0.2) is 0 Å². The predicted molar refractivity (Wildman–Crippen MR) is 82.8 cm³/mol. The summed E-state index contributed by atoms with van der Waals surface area (Å²) in [5, 5.41) is 9.86. The molecule has 106 valence electrons. The Hall–Kier alpha value is -1.87. The Kier molecular flexibility index (Phi) is 4.74. The first-order valence-corrected chi connectivity index (χ1v) is 7.01. The van der Waals surface area contributed by atoms with Gasteiger partial charge in [-0.3, -0.25) is 0 Å². The summed E-state index contributed by atoms with van der Waals surface area (Å²) in [4.78, 5) is 6.64. The van der Waals surface area contributed by atoms with Gasteiger partial charge in [-0.25, -0.2) is 4.98 Å². The van der Waals surface area contributed by atoms with Crippen molar-refractivity contribution in [1.82, 2.24) is 4.98 Å². The molecule has 20 heavy (non-hydrogen) atoms. The molecule has 0 amide bonds. The van der Waals surface area contributed by atoms with Crippen LogP contribution in [0.3, 0.4) is 0 Å². The monoisotopic (exact) mass is 270 g/mol. The number of nitrogens with zero attached hydrogens (tertiary/aromatic N) is 2. The molecule has 0 saturated carbocycles. The normalized spacial score (nSPS) is 12.2. The first-order chi connectivity index (χ1) is 9.61. The van der Waals surface area contributed by atoms with E-state index in [1.165, 1.54) is 5.56 Å². The number of anilines is 1. The summed E-state index contributed by atoms with van der Waals surface area (Å²) in [7, 11) is 2.04. The van der Waals surface area contributed by atoms with Gasteiger partial charge in [0, 0.05) is 19.8 Å². The Morgan fingerprint density at radius 1 is 1.25 bits per heavy atom. The van der Waals surface area contributed by atoms with Crippen molar-refractivity contribution in [3.63, 3.8) is 0 Å². The second-order valence-electron chi connectivity index (χ2n) is 5.17. The number of aryl methyl sites for hydroxylation is 1.